The van der Waals surface area contributed by atoms with Gasteiger partial charge in [0.25, 0.3) is 0 Å². The van der Waals surface area contributed by atoms with Gasteiger partial charge in [0.1, 0.15) is 0 Å². The summed E-state index contributed by atoms with van der Waals surface area (Å²) in [6.07, 6.45) is 1.29. The molecule has 0 spiro atoms. The van der Waals surface area contributed by atoms with Crippen LogP contribution in [-0.2, 0) is 16.0 Å². The van der Waals surface area contributed by atoms with Gasteiger partial charge in [-0.1, -0.05) is 36.4 Å². The average Bonchev–Trinajstić information content (AvgIpc) is 3.55. The third-order valence-electron chi connectivity index (χ3n) is 5.28. The van der Waals surface area contributed by atoms with Crippen molar-refractivity contribution in [1.82, 2.24) is 10.6 Å². The molecule has 1 aliphatic rings. The lowest BCUT2D eigenvalue weighted by atomic mass is 10.1. The van der Waals surface area contributed by atoms with E-state index in [9.17, 15) is 9.59 Å². The summed E-state index contributed by atoms with van der Waals surface area (Å²) in [5, 5.41) is 5.94. The Labute approximate surface area is 171 Å². The quantitative estimate of drug-likeness (QED) is 0.683. The van der Waals surface area contributed by atoms with Gasteiger partial charge in [-0.05, 0) is 43.0 Å². The smallest absolute Gasteiger partial charge is 0.224 e. The van der Waals surface area contributed by atoms with Crippen molar-refractivity contribution in [3.63, 3.8) is 0 Å². The van der Waals surface area contributed by atoms with Gasteiger partial charge in [-0.25, -0.2) is 0 Å². The summed E-state index contributed by atoms with van der Waals surface area (Å²) in [6.45, 7) is 2.47. The van der Waals surface area contributed by atoms with Gasteiger partial charge in [0, 0.05) is 6.54 Å². The van der Waals surface area contributed by atoms with Crippen LogP contribution in [-0.4, -0.2) is 32.6 Å². The summed E-state index contributed by atoms with van der Waals surface area (Å²) in [5.41, 5.74) is 2.10. The lowest BCUT2D eigenvalue weighted by molar-refractivity contribution is -0.127. The minimum absolute atomic E-state index is 0.0543. The van der Waals surface area contributed by atoms with Crippen LogP contribution in [0.1, 0.15) is 30.5 Å². The number of rotatable bonds is 9. The number of hydrogen-bond acceptors (Lipinski definition) is 4. The zero-order chi connectivity index (χ0) is 20.8. The molecule has 2 aromatic rings. The zero-order valence-corrected chi connectivity index (χ0v) is 17.1. The lowest BCUT2D eigenvalue weighted by Crippen LogP contribution is -2.32. The van der Waals surface area contributed by atoms with E-state index in [2.05, 4.69) is 10.6 Å². The fourth-order valence-electron chi connectivity index (χ4n) is 3.42. The van der Waals surface area contributed by atoms with E-state index in [1.54, 1.807) is 14.2 Å². The molecule has 3 rings (SSSR count). The number of ether oxygens (including phenoxy) is 2. The second-order valence-electron chi connectivity index (χ2n) is 7.32. The Morgan fingerprint density at radius 3 is 2.38 bits per heavy atom. The molecule has 1 aliphatic carbocycles. The van der Waals surface area contributed by atoms with E-state index in [0.717, 1.165) is 11.1 Å². The van der Waals surface area contributed by atoms with Crippen LogP contribution in [0, 0.1) is 11.8 Å². The molecule has 2 amide bonds. The highest BCUT2D eigenvalue weighted by Gasteiger charge is 2.48. The van der Waals surface area contributed by atoms with Crippen LogP contribution in [0.25, 0.3) is 0 Å². The molecule has 0 heterocycles. The molecule has 3 atom stereocenters. The van der Waals surface area contributed by atoms with Gasteiger partial charge in [-0.15, -0.1) is 0 Å². The van der Waals surface area contributed by atoms with E-state index in [0.29, 0.717) is 30.9 Å². The second kappa shape index (κ2) is 9.45. The molecule has 6 heteroatoms. The fraction of sp³-hybridized carbons (Fsp3) is 0.391. The first-order chi connectivity index (χ1) is 14.0. The predicted molar refractivity (Wildman–Crippen MR) is 111 cm³/mol. The first-order valence-corrected chi connectivity index (χ1v) is 9.87. The van der Waals surface area contributed by atoms with Gasteiger partial charge in [0.15, 0.2) is 11.5 Å². The van der Waals surface area contributed by atoms with Crippen LogP contribution in [0.4, 0.5) is 0 Å². The van der Waals surface area contributed by atoms with E-state index >= 15 is 0 Å². The van der Waals surface area contributed by atoms with Crippen LogP contribution >= 0.6 is 0 Å². The molecular weight excluding hydrogens is 368 g/mol. The number of methoxy groups -OCH3 is 2. The SMILES string of the molecule is COc1ccc(CCNC(=O)C2CC2C(=O)NC(C)c2ccccc2)cc1OC. The van der Waals surface area contributed by atoms with E-state index < -0.39 is 0 Å². The van der Waals surface area contributed by atoms with Crippen molar-refractivity contribution in [3.8, 4) is 11.5 Å². The second-order valence-corrected chi connectivity index (χ2v) is 7.32. The number of amides is 2. The third-order valence-corrected chi connectivity index (χ3v) is 5.28. The van der Waals surface area contributed by atoms with Crippen LogP contribution in [0.5, 0.6) is 11.5 Å². The summed E-state index contributed by atoms with van der Waals surface area (Å²) < 4.78 is 10.5. The van der Waals surface area contributed by atoms with E-state index in [1.807, 2.05) is 55.5 Å². The number of nitrogens with one attached hydrogen (secondary N) is 2. The minimum atomic E-state index is -0.234. The molecule has 0 aromatic heterocycles. The van der Waals surface area contributed by atoms with Crippen molar-refractivity contribution >= 4 is 11.8 Å². The number of carbonyl (C=O) groups excluding carboxylic acids is 2. The molecule has 0 saturated heterocycles. The molecule has 0 bridgehead atoms. The van der Waals surface area contributed by atoms with Gasteiger partial charge < -0.3 is 20.1 Å². The maximum absolute atomic E-state index is 12.4. The van der Waals surface area contributed by atoms with Crippen LogP contribution in [0.2, 0.25) is 0 Å². The monoisotopic (exact) mass is 396 g/mol. The first-order valence-electron chi connectivity index (χ1n) is 9.87. The number of hydrogen-bond donors (Lipinski definition) is 2. The number of benzene rings is 2. The normalized spacial score (nSPS) is 18.4. The Morgan fingerprint density at radius 2 is 1.69 bits per heavy atom. The average molecular weight is 396 g/mol. The van der Waals surface area contributed by atoms with E-state index in [1.165, 1.54) is 0 Å². The molecule has 29 heavy (non-hydrogen) atoms. The molecule has 1 fully saturated rings. The molecule has 1 saturated carbocycles. The van der Waals surface area contributed by atoms with E-state index in [-0.39, 0.29) is 29.7 Å². The highest BCUT2D eigenvalue weighted by Crippen LogP contribution is 2.39. The summed E-state index contributed by atoms with van der Waals surface area (Å²) in [7, 11) is 3.20. The fourth-order valence-corrected chi connectivity index (χ4v) is 3.42. The summed E-state index contributed by atoms with van der Waals surface area (Å²) >= 11 is 0. The zero-order valence-electron chi connectivity index (χ0n) is 17.1. The Morgan fingerprint density at radius 1 is 1.00 bits per heavy atom. The van der Waals surface area contributed by atoms with Crippen LogP contribution in [0.15, 0.2) is 48.5 Å². The van der Waals surface area contributed by atoms with Gasteiger partial charge in [-0.2, -0.15) is 0 Å². The molecule has 154 valence electrons. The third kappa shape index (κ3) is 5.28. The van der Waals surface area contributed by atoms with Gasteiger partial charge in [-0.3, -0.25) is 9.59 Å². The minimum Gasteiger partial charge on any atom is -0.493 e. The predicted octanol–water partition coefficient (Wildman–Crippen LogP) is 2.88. The van der Waals surface area contributed by atoms with Crippen molar-refractivity contribution in [2.75, 3.05) is 20.8 Å². The van der Waals surface area contributed by atoms with Crippen LogP contribution < -0.4 is 20.1 Å². The van der Waals surface area contributed by atoms with Crippen molar-refractivity contribution in [1.29, 1.82) is 0 Å². The van der Waals surface area contributed by atoms with Crippen molar-refractivity contribution in [2.24, 2.45) is 11.8 Å². The van der Waals surface area contributed by atoms with Gasteiger partial charge >= 0.3 is 0 Å². The molecule has 0 radical (unpaired) electrons. The Bertz CT molecular complexity index is 853. The molecule has 6 nitrogen and oxygen atoms in total. The maximum atomic E-state index is 12.4. The first kappa shape index (κ1) is 20.7. The topological polar surface area (TPSA) is 76.7 Å². The standard InChI is InChI=1S/C23H28N2O4/c1-15(17-7-5-4-6-8-17)25-23(27)19-14-18(19)22(26)24-12-11-16-9-10-20(28-2)21(13-16)29-3/h4-10,13,15,18-19H,11-12,14H2,1-3H3,(H,24,26)(H,25,27). The van der Waals surface area contributed by atoms with Crippen molar-refractivity contribution < 1.29 is 19.1 Å². The molecule has 2 N–H and O–H groups in total. The number of carbonyl (C=O) groups is 2. The Kier molecular flexibility index (Phi) is 6.75. The maximum Gasteiger partial charge on any atom is 0.224 e. The molecular formula is C23H28N2O4. The Balaban J connectivity index is 1.43. The largest absolute Gasteiger partial charge is 0.493 e. The van der Waals surface area contributed by atoms with Crippen LogP contribution in [0.3, 0.4) is 0 Å². The Hall–Kier alpha value is -3.02. The summed E-state index contributed by atoms with van der Waals surface area (Å²) in [5.74, 6) is 0.768. The van der Waals surface area contributed by atoms with E-state index in [4.69, 9.17) is 9.47 Å². The lowest BCUT2D eigenvalue weighted by Gasteiger charge is -2.14. The van der Waals surface area contributed by atoms with Crippen molar-refractivity contribution in [2.45, 2.75) is 25.8 Å². The molecule has 2 aromatic carbocycles. The highest BCUT2D eigenvalue weighted by atomic mass is 16.5. The van der Waals surface area contributed by atoms with Crippen molar-refractivity contribution in [3.05, 3.63) is 59.7 Å². The van der Waals surface area contributed by atoms with Gasteiger partial charge in [0.05, 0.1) is 32.1 Å². The highest BCUT2D eigenvalue weighted by molar-refractivity contribution is 5.92. The summed E-state index contributed by atoms with van der Waals surface area (Å²) in [6, 6.07) is 15.4. The molecule has 0 aliphatic heterocycles. The molecule has 3 unspecified atom stereocenters. The summed E-state index contributed by atoms with van der Waals surface area (Å²) in [4.78, 5) is 24.8. The van der Waals surface area contributed by atoms with Gasteiger partial charge in [0.2, 0.25) is 11.8 Å².